The van der Waals surface area contributed by atoms with E-state index in [2.05, 4.69) is 17.7 Å². The van der Waals surface area contributed by atoms with Crippen LogP contribution >= 0.6 is 12.8 Å². The maximum absolute atomic E-state index is 13.6. The summed E-state index contributed by atoms with van der Waals surface area (Å²) in [4.78, 5) is 14.2. The van der Waals surface area contributed by atoms with E-state index < -0.39 is 35.8 Å². The van der Waals surface area contributed by atoms with E-state index in [1.54, 1.807) is 4.31 Å². The number of thiol groups is 1. The first-order chi connectivity index (χ1) is 11.1. The van der Waals surface area contributed by atoms with Crippen molar-refractivity contribution >= 4 is 18.8 Å². The summed E-state index contributed by atoms with van der Waals surface area (Å²) in [6, 6.07) is 0.189. The molecule has 0 saturated carbocycles. The third kappa shape index (κ3) is 4.38. The van der Waals surface area contributed by atoms with Gasteiger partial charge in [-0.1, -0.05) is 12.8 Å². The molecule has 2 aliphatic rings. The number of carbonyl (C=O) groups excluding carboxylic acids is 1. The molecule has 0 aromatic rings. The molecule has 2 rings (SSSR count). The van der Waals surface area contributed by atoms with Crippen molar-refractivity contribution in [3.63, 3.8) is 0 Å². The molecule has 2 fully saturated rings. The third-order valence-corrected chi connectivity index (χ3v) is 5.89. The lowest BCUT2D eigenvalue weighted by Crippen LogP contribution is -2.55. The fourth-order valence-electron chi connectivity index (χ4n) is 4.16. The number of piperidine rings is 2. The number of alkyl halides is 3. The van der Waals surface area contributed by atoms with E-state index in [0.29, 0.717) is 32.6 Å². The molecule has 8 heteroatoms. The number of halogens is 3. The van der Waals surface area contributed by atoms with Gasteiger partial charge < -0.3 is 9.64 Å². The van der Waals surface area contributed by atoms with Gasteiger partial charge in [0.25, 0.3) is 0 Å². The molecule has 2 saturated heterocycles. The van der Waals surface area contributed by atoms with Gasteiger partial charge in [-0.05, 0) is 45.1 Å². The number of ether oxygens (including phenoxy) is 1. The molecule has 0 bridgehead atoms. The summed E-state index contributed by atoms with van der Waals surface area (Å²) in [5.41, 5.74) is 0. The Kier molecular flexibility index (Phi) is 6.47. The molecule has 0 aromatic carbocycles. The Labute approximate surface area is 147 Å². The van der Waals surface area contributed by atoms with Crippen LogP contribution in [0.4, 0.5) is 13.2 Å². The van der Waals surface area contributed by atoms with Crippen molar-refractivity contribution in [3.05, 3.63) is 0 Å². The molecule has 2 aliphatic heterocycles. The summed E-state index contributed by atoms with van der Waals surface area (Å²) in [5, 5.41) is 0. The molecule has 0 aliphatic carbocycles. The summed E-state index contributed by atoms with van der Waals surface area (Å²) in [5.74, 6) is -3.26. The Morgan fingerprint density at radius 2 is 1.83 bits per heavy atom. The summed E-state index contributed by atoms with van der Waals surface area (Å²) in [7, 11) is 1.30. The molecule has 2 heterocycles. The second kappa shape index (κ2) is 7.83. The number of rotatable bonds is 3. The van der Waals surface area contributed by atoms with E-state index in [0.717, 1.165) is 0 Å². The van der Waals surface area contributed by atoms with Crippen LogP contribution in [0.15, 0.2) is 0 Å². The van der Waals surface area contributed by atoms with Crippen LogP contribution < -0.4 is 0 Å². The van der Waals surface area contributed by atoms with Crippen molar-refractivity contribution in [2.75, 3.05) is 33.3 Å². The Hall–Kier alpha value is -0.470. The largest absolute Gasteiger partial charge is 0.469 e. The van der Waals surface area contributed by atoms with Gasteiger partial charge in [-0.15, -0.1) is 0 Å². The van der Waals surface area contributed by atoms with Gasteiger partial charge in [0, 0.05) is 25.7 Å². The van der Waals surface area contributed by atoms with Crippen LogP contribution in [0, 0.1) is 23.7 Å². The molecule has 140 valence electrons. The van der Waals surface area contributed by atoms with Gasteiger partial charge in [-0.25, -0.2) is 0 Å². The maximum Gasteiger partial charge on any atom is 0.392 e. The summed E-state index contributed by atoms with van der Waals surface area (Å²) >= 11 is 4.33. The van der Waals surface area contributed by atoms with Crippen LogP contribution in [-0.2, 0) is 9.53 Å². The minimum atomic E-state index is -4.24. The van der Waals surface area contributed by atoms with E-state index in [9.17, 15) is 18.0 Å². The summed E-state index contributed by atoms with van der Waals surface area (Å²) in [6.45, 7) is 5.76. The van der Waals surface area contributed by atoms with Gasteiger partial charge in [0.1, 0.15) is 0 Å². The van der Waals surface area contributed by atoms with Crippen LogP contribution in [0.2, 0.25) is 0 Å². The second-order valence-corrected chi connectivity index (χ2v) is 7.75. The van der Waals surface area contributed by atoms with Gasteiger partial charge in [-0.3, -0.25) is 9.10 Å². The van der Waals surface area contributed by atoms with E-state index in [4.69, 9.17) is 4.74 Å². The lowest BCUT2D eigenvalue weighted by molar-refractivity contribution is -0.212. The van der Waals surface area contributed by atoms with Gasteiger partial charge in [-0.2, -0.15) is 13.2 Å². The van der Waals surface area contributed by atoms with E-state index in [1.165, 1.54) is 7.11 Å². The quantitative estimate of drug-likeness (QED) is 0.613. The number of hydrogen-bond donors (Lipinski definition) is 1. The summed E-state index contributed by atoms with van der Waals surface area (Å²) < 4.78 is 47.4. The lowest BCUT2D eigenvalue weighted by Gasteiger charge is -2.48. The number of nitrogens with zero attached hydrogens (tertiary/aromatic N) is 2. The number of esters is 1. The molecule has 0 N–H and O–H groups in total. The van der Waals surface area contributed by atoms with Crippen molar-refractivity contribution < 1.29 is 22.7 Å². The Bertz CT molecular complexity index is 448. The number of hydrogen-bond acceptors (Lipinski definition) is 5. The molecule has 4 nitrogen and oxygen atoms in total. The predicted molar refractivity (Wildman–Crippen MR) is 88.5 cm³/mol. The average Bonchev–Trinajstić information content (AvgIpc) is 2.52. The fourth-order valence-corrected chi connectivity index (χ4v) is 4.46. The number of likely N-dealkylation sites (tertiary alicyclic amines) is 1. The molecule has 24 heavy (non-hydrogen) atoms. The molecule has 4 unspecified atom stereocenters. The number of methoxy groups -OCH3 is 1. The average molecular weight is 368 g/mol. The molecule has 0 spiro atoms. The standard InChI is InChI=1S/C16H27F3N2O2S/c1-10(2)20-6-5-14(16(17,18)19)13(8-20)12-9-21(24)7-4-11(12)15(22)23-3/h10-14,24H,4-9H2,1-3H3. The Morgan fingerprint density at radius 1 is 1.17 bits per heavy atom. The molecule has 4 atom stereocenters. The predicted octanol–water partition coefficient (Wildman–Crippen LogP) is 2.85. The molecule has 0 amide bonds. The van der Waals surface area contributed by atoms with Crippen LogP contribution in [0.25, 0.3) is 0 Å². The van der Waals surface area contributed by atoms with Crippen molar-refractivity contribution in [2.45, 2.75) is 38.9 Å². The van der Waals surface area contributed by atoms with Crippen molar-refractivity contribution in [1.29, 1.82) is 0 Å². The summed E-state index contributed by atoms with van der Waals surface area (Å²) in [6.07, 6.45) is -3.67. The van der Waals surface area contributed by atoms with Gasteiger partial charge >= 0.3 is 12.1 Å². The minimum Gasteiger partial charge on any atom is -0.469 e. The zero-order valence-corrected chi connectivity index (χ0v) is 15.3. The number of carbonyl (C=O) groups is 1. The van der Waals surface area contributed by atoms with Crippen molar-refractivity contribution in [1.82, 2.24) is 9.21 Å². The van der Waals surface area contributed by atoms with E-state index in [-0.39, 0.29) is 12.5 Å². The highest BCUT2D eigenvalue weighted by Crippen LogP contribution is 2.45. The van der Waals surface area contributed by atoms with E-state index >= 15 is 0 Å². The SMILES string of the molecule is COC(=O)C1CCN(S)CC1C1CN(C(C)C)CCC1C(F)(F)F. The zero-order chi connectivity index (χ0) is 18.1. The zero-order valence-electron chi connectivity index (χ0n) is 14.4. The van der Waals surface area contributed by atoms with Crippen LogP contribution in [-0.4, -0.2) is 60.7 Å². The van der Waals surface area contributed by atoms with Crippen molar-refractivity contribution in [2.24, 2.45) is 23.7 Å². The smallest absolute Gasteiger partial charge is 0.392 e. The first-order valence-corrected chi connectivity index (χ1v) is 8.87. The highest BCUT2D eigenvalue weighted by Gasteiger charge is 2.52. The lowest BCUT2D eigenvalue weighted by atomic mass is 9.69. The molecular weight excluding hydrogens is 341 g/mol. The van der Waals surface area contributed by atoms with Crippen LogP contribution in [0.3, 0.4) is 0 Å². The van der Waals surface area contributed by atoms with Crippen LogP contribution in [0.5, 0.6) is 0 Å². The maximum atomic E-state index is 13.6. The second-order valence-electron chi connectivity index (χ2n) is 7.18. The van der Waals surface area contributed by atoms with Crippen molar-refractivity contribution in [3.8, 4) is 0 Å². The monoisotopic (exact) mass is 368 g/mol. The Morgan fingerprint density at radius 3 is 2.38 bits per heavy atom. The normalized spacial score (nSPS) is 33.7. The highest BCUT2D eigenvalue weighted by atomic mass is 32.1. The highest BCUT2D eigenvalue weighted by molar-refractivity contribution is 7.77. The van der Waals surface area contributed by atoms with Crippen LogP contribution in [0.1, 0.15) is 26.7 Å². The molecular formula is C16H27F3N2O2S. The van der Waals surface area contributed by atoms with Gasteiger partial charge in [0.05, 0.1) is 18.9 Å². The fraction of sp³-hybridized carbons (Fsp3) is 0.938. The molecule has 0 radical (unpaired) electrons. The molecule has 0 aromatic heterocycles. The first kappa shape index (κ1) is 19.8. The van der Waals surface area contributed by atoms with Gasteiger partial charge in [0.2, 0.25) is 0 Å². The van der Waals surface area contributed by atoms with E-state index in [1.807, 2.05) is 13.8 Å². The first-order valence-electron chi connectivity index (χ1n) is 8.47. The third-order valence-electron chi connectivity index (χ3n) is 5.53. The topological polar surface area (TPSA) is 32.8 Å². The van der Waals surface area contributed by atoms with Gasteiger partial charge in [0.15, 0.2) is 0 Å². The minimum absolute atomic E-state index is 0.0866. The Balaban J connectivity index is 2.30.